The summed E-state index contributed by atoms with van der Waals surface area (Å²) in [5, 5.41) is 0. The van der Waals surface area contributed by atoms with Gasteiger partial charge in [0, 0.05) is 38.8 Å². The summed E-state index contributed by atoms with van der Waals surface area (Å²) in [5.74, 6) is -0.0835. The average molecular weight is 521 g/mol. The fourth-order valence-electron chi connectivity index (χ4n) is 4.54. The van der Waals surface area contributed by atoms with Crippen LogP contribution in [-0.2, 0) is 19.5 Å². The molecule has 0 saturated heterocycles. The first kappa shape index (κ1) is 24.1. The Labute approximate surface area is 217 Å². The molecule has 10 nitrogen and oxygen atoms in total. The van der Waals surface area contributed by atoms with E-state index in [4.69, 9.17) is 14.5 Å². The van der Waals surface area contributed by atoms with Crippen LogP contribution in [0.2, 0.25) is 0 Å². The van der Waals surface area contributed by atoms with Crippen molar-refractivity contribution in [3.05, 3.63) is 54.0 Å². The number of halogens is 2. The summed E-state index contributed by atoms with van der Waals surface area (Å²) in [6, 6.07) is 3.70. The highest BCUT2D eigenvalue weighted by Gasteiger charge is 2.32. The Morgan fingerprint density at radius 3 is 2.63 bits per heavy atom. The Kier molecular flexibility index (Phi) is 5.88. The summed E-state index contributed by atoms with van der Waals surface area (Å²) in [7, 11) is 3.25. The lowest BCUT2D eigenvalue weighted by Crippen LogP contribution is -2.33. The summed E-state index contributed by atoms with van der Waals surface area (Å²) >= 11 is 0. The third-order valence-corrected chi connectivity index (χ3v) is 6.63. The number of fused-ring (bicyclic) bond motifs is 1. The van der Waals surface area contributed by atoms with Crippen molar-refractivity contribution in [2.24, 2.45) is 7.05 Å². The second-order valence-corrected chi connectivity index (χ2v) is 9.57. The highest BCUT2D eigenvalue weighted by atomic mass is 19.3. The molecule has 0 unspecified atom stereocenters. The number of hydrogen-bond donors (Lipinski definition) is 0. The lowest BCUT2D eigenvalue weighted by atomic mass is 10.1. The van der Waals surface area contributed by atoms with Gasteiger partial charge < -0.3 is 18.9 Å². The number of ether oxygens (including phenoxy) is 2. The molecule has 4 aromatic heterocycles. The van der Waals surface area contributed by atoms with Crippen molar-refractivity contribution in [2.45, 2.75) is 38.2 Å². The Balaban J connectivity index is 1.28. The van der Waals surface area contributed by atoms with Crippen LogP contribution in [0.15, 0.2) is 37.1 Å². The van der Waals surface area contributed by atoms with Crippen LogP contribution in [-0.4, -0.2) is 54.7 Å². The molecule has 0 radical (unpaired) electrons. The first-order chi connectivity index (χ1) is 18.3. The van der Waals surface area contributed by atoms with E-state index in [0.29, 0.717) is 66.0 Å². The number of imidazole rings is 1. The predicted octanol–water partition coefficient (Wildman–Crippen LogP) is 4.13. The number of aryl methyl sites for hydroxylation is 1. The third-order valence-electron chi connectivity index (χ3n) is 6.63. The minimum Gasteiger partial charge on any atom is -0.486 e. The van der Waals surface area contributed by atoms with Gasteiger partial charge in [-0.3, -0.25) is 4.98 Å². The Morgan fingerprint density at radius 2 is 1.95 bits per heavy atom. The molecule has 1 saturated carbocycles. The van der Waals surface area contributed by atoms with Crippen LogP contribution in [0, 0.1) is 0 Å². The predicted molar refractivity (Wildman–Crippen MR) is 134 cm³/mol. The van der Waals surface area contributed by atoms with Crippen molar-refractivity contribution in [3.63, 3.8) is 0 Å². The Hall–Kier alpha value is -4.22. The second-order valence-electron chi connectivity index (χ2n) is 9.57. The summed E-state index contributed by atoms with van der Waals surface area (Å²) in [5.41, 5.74) is 2.77. The van der Waals surface area contributed by atoms with Crippen molar-refractivity contribution in [1.29, 1.82) is 0 Å². The number of rotatable bonds is 7. The number of aromatic nitrogens is 7. The highest BCUT2D eigenvalue weighted by molar-refractivity contribution is 5.69. The van der Waals surface area contributed by atoms with Gasteiger partial charge >= 0.3 is 0 Å². The number of nitrogens with zero attached hydrogens (tertiary/aromatic N) is 8. The zero-order valence-corrected chi connectivity index (χ0v) is 21.2. The fraction of sp³-hybridized carbons (Fsp3) is 0.385. The lowest BCUT2D eigenvalue weighted by Gasteiger charge is -2.30. The van der Waals surface area contributed by atoms with Crippen LogP contribution in [0.5, 0.6) is 11.6 Å². The minimum absolute atomic E-state index is 0.286. The summed E-state index contributed by atoms with van der Waals surface area (Å²) in [6.45, 7) is 2.47. The number of alkyl halides is 2. The van der Waals surface area contributed by atoms with Crippen molar-refractivity contribution in [2.75, 3.05) is 25.2 Å². The Morgan fingerprint density at radius 1 is 1.11 bits per heavy atom. The molecule has 4 aromatic rings. The number of hydrogen-bond acceptors (Lipinski definition) is 9. The fourth-order valence-corrected chi connectivity index (χ4v) is 4.54. The van der Waals surface area contributed by atoms with Crippen LogP contribution in [0.3, 0.4) is 0 Å². The molecule has 0 spiro atoms. The monoisotopic (exact) mass is 520 g/mol. The molecule has 1 aliphatic carbocycles. The maximum Gasteiger partial charge on any atom is 0.288 e. The molecule has 0 atom stereocenters. The van der Waals surface area contributed by atoms with Gasteiger partial charge in [0.1, 0.15) is 29.9 Å². The molecule has 0 N–H and O–H groups in total. The van der Waals surface area contributed by atoms with Crippen LogP contribution in [0.25, 0.3) is 22.9 Å². The average Bonchev–Trinajstić information content (AvgIpc) is 3.69. The van der Waals surface area contributed by atoms with Crippen LogP contribution >= 0.6 is 0 Å². The molecular formula is C26H26F2N8O2. The van der Waals surface area contributed by atoms with Gasteiger partial charge in [-0.25, -0.2) is 24.9 Å². The van der Waals surface area contributed by atoms with E-state index in [1.54, 1.807) is 37.2 Å². The van der Waals surface area contributed by atoms with Crippen LogP contribution < -0.4 is 14.4 Å². The van der Waals surface area contributed by atoms with Crippen molar-refractivity contribution >= 4 is 5.82 Å². The van der Waals surface area contributed by atoms with E-state index in [1.807, 2.05) is 6.07 Å². The van der Waals surface area contributed by atoms with Crippen LogP contribution in [0.4, 0.5) is 14.6 Å². The van der Waals surface area contributed by atoms with Gasteiger partial charge in [-0.1, -0.05) is 6.07 Å². The zero-order chi connectivity index (χ0) is 26.4. The number of anilines is 1. The first-order valence-electron chi connectivity index (χ1n) is 12.3. The van der Waals surface area contributed by atoms with E-state index < -0.39 is 5.92 Å². The SMILES string of the molecule is COc1ncnc(C2CC2)c1-c1ncc2c(n1)N(Cc1ccc(-c3nc(C(C)(F)F)cn3C)nc1)CCO2. The summed E-state index contributed by atoms with van der Waals surface area (Å²) < 4.78 is 40.4. The largest absolute Gasteiger partial charge is 0.486 e. The highest BCUT2D eigenvalue weighted by Crippen LogP contribution is 2.45. The molecule has 0 bridgehead atoms. The Bertz CT molecular complexity index is 1480. The molecule has 6 rings (SSSR count). The lowest BCUT2D eigenvalue weighted by molar-refractivity contribution is 0.0131. The standard InChI is InChI=1S/C26H26F2N8O2/c1-26(27,28)19-13-35(2)23(33-19)17-7-4-15(10-29-17)12-36-8-9-38-18-11-30-22(34-24(18)36)20-21(16-5-6-16)31-14-32-25(20)37-3/h4,7,10-11,13-14,16H,5-6,8-9,12H2,1-3H3. The third kappa shape index (κ3) is 4.50. The van der Waals surface area contributed by atoms with Crippen LogP contribution in [0.1, 0.15) is 42.6 Å². The molecule has 2 aliphatic rings. The van der Waals surface area contributed by atoms with Crippen molar-refractivity contribution in [3.8, 4) is 34.5 Å². The molecular weight excluding hydrogens is 494 g/mol. The maximum absolute atomic E-state index is 13.7. The molecule has 38 heavy (non-hydrogen) atoms. The maximum atomic E-state index is 13.7. The van der Waals surface area contributed by atoms with Gasteiger partial charge in [-0.05, 0) is 24.5 Å². The second kappa shape index (κ2) is 9.26. The van der Waals surface area contributed by atoms with E-state index in [1.165, 1.54) is 12.5 Å². The van der Waals surface area contributed by atoms with Gasteiger partial charge in [0.2, 0.25) is 5.88 Å². The van der Waals surface area contributed by atoms with Gasteiger partial charge in [0.25, 0.3) is 5.92 Å². The van der Waals surface area contributed by atoms with E-state index in [9.17, 15) is 8.78 Å². The molecule has 196 valence electrons. The number of pyridine rings is 1. The molecule has 0 aromatic carbocycles. The van der Waals surface area contributed by atoms with E-state index in [0.717, 1.165) is 31.0 Å². The quantitative estimate of drug-likeness (QED) is 0.356. The van der Waals surface area contributed by atoms with Gasteiger partial charge in [0.05, 0.1) is 25.5 Å². The number of methoxy groups -OCH3 is 1. The molecule has 12 heteroatoms. The van der Waals surface area contributed by atoms with Crippen molar-refractivity contribution < 1.29 is 18.3 Å². The summed E-state index contributed by atoms with van der Waals surface area (Å²) in [6.07, 6.45) is 8.38. The van der Waals surface area contributed by atoms with E-state index in [2.05, 4.69) is 29.8 Å². The van der Waals surface area contributed by atoms with Gasteiger partial charge in [0.15, 0.2) is 23.2 Å². The van der Waals surface area contributed by atoms with E-state index >= 15 is 0 Å². The smallest absolute Gasteiger partial charge is 0.288 e. The zero-order valence-electron chi connectivity index (χ0n) is 21.2. The minimum atomic E-state index is -3.02. The molecule has 1 fully saturated rings. The summed E-state index contributed by atoms with van der Waals surface area (Å²) in [4.78, 5) is 28.9. The topological polar surface area (TPSA) is 104 Å². The normalized spacial score (nSPS) is 15.2. The van der Waals surface area contributed by atoms with Crippen molar-refractivity contribution in [1.82, 2.24) is 34.5 Å². The first-order valence-corrected chi connectivity index (χ1v) is 12.3. The molecule has 1 aliphatic heterocycles. The van der Waals surface area contributed by atoms with Gasteiger partial charge in [-0.2, -0.15) is 8.78 Å². The van der Waals surface area contributed by atoms with Gasteiger partial charge in [-0.15, -0.1) is 0 Å². The van der Waals surface area contributed by atoms with E-state index in [-0.39, 0.29) is 5.69 Å². The molecule has 5 heterocycles. The molecule has 0 amide bonds.